The number of hydrogen-bond donors (Lipinski definition) is 0. The number of hydrogen-bond acceptors (Lipinski definition) is 4. The minimum atomic E-state index is 0.0390. The molecule has 0 aromatic heterocycles. The summed E-state index contributed by atoms with van der Waals surface area (Å²) < 4.78 is 11.7. The Balaban J connectivity index is 1.42. The summed E-state index contributed by atoms with van der Waals surface area (Å²) in [4.78, 5) is 17.4. The molecule has 0 aliphatic carbocycles. The monoisotopic (exact) mass is 582 g/mol. The molecule has 214 valence electrons. The van der Waals surface area contributed by atoms with Crippen LogP contribution in [0.25, 0.3) is 0 Å². The second-order valence-corrected chi connectivity index (χ2v) is 11.5. The van der Waals surface area contributed by atoms with Crippen LogP contribution in [0, 0.1) is 5.92 Å². The van der Waals surface area contributed by atoms with Gasteiger partial charge in [0.25, 0.3) is 0 Å². The average molecular weight is 584 g/mol. The molecule has 0 spiro atoms. The molecule has 1 amide bonds. The second-order valence-electron chi connectivity index (χ2n) is 10.7. The number of piperidine rings is 1. The Morgan fingerprint density at radius 1 is 0.950 bits per heavy atom. The number of halogens is 2. The Morgan fingerprint density at radius 2 is 1.60 bits per heavy atom. The molecule has 5 nitrogen and oxygen atoms in total. The highest BCUT2D eigenvalue weighted by Crippen LogP contribution is 2.41. The molecule has 0 saturated carbocycles. The first kappa shape index (κ1) is 30.1. The van der Waals surface area contributed by atoms with Gasteiger partial charge in [0, 0.05) is 32.6 Å². The van der Waals surface area contributed by atoms with Crippen LogP contribution in [0.4, 0.5) is 5.69 Å². The lowest BCUT2D eigenvalue weighted by molar-refractivity contribution is -0.129. The summed E-state index contributed by atoms with van der Waals surface area (Å²) in [5.74, 6) is 2.36. The van der Waals surface area contributed by atoms with Crippen molar-refractivity contribution < 1.29 is 14.3 Å². The Morgan fingerprint density at radius 3 is 2.17 bits per heavy atom. The number of nitrogens with zero attached hydrogens (tertiary/aromatic N) is 2. The molecule has 0 bridgehead atoms. The van der Waals surface area contributed by atoms with Crippen LogP contribution in [0.15, 0.2) is 60.7 Å². The lowest BCUT2D eigenvalue weighted by Crippen LogP contribution is -2.35. The SMILES string of the molecule is CCC(CN(C)C(=O)Cc1cc(OC)c(N2CCC(Cc3ccccc3)CC2)c(OC)c1)c1ccc(Cl)c(Cl)c1. The third-order valence-electron chi connectivity index (χ3n) is 8.02. The normalized spacial score (nSPS) is 14.6. The molecular weight excluding hydrogens is 543 g/mol. The topological polar surface area (TPSA) is 42.0 Å². The maximum Gasteiger partial charge on any atom is 0.226 e. The van der Waals surface area contributed by atoms with Gasteiger partial charge in [-0.1, -0.05) is 66.5 Å². The number of ether oxygens (including phenoxy) is 2. The molecule has 4 rings (SSSR count). The number of anilines is 1. The summed E-state index contributed by atoms with van der Waals surface area (Å²) >= 11 is 12.3. The third kappa shape index (κ3) is 7.44. The van der Waals surface area contributed by atoms with E-state index in [1.54, 1.807) is 19.1 Å². The molecule has 40 heavy (non-hydrogen) atoms. The maximum absolute atomic E-state index is 13.3. The highest BCUT2D eigenvalue weighted by molar-refractivity contribution is 6.42. The van der Waals surface area contributed by atoms with E-state index in [2.05, 4.69) is 42.2 Å². The van der Waals surface area contributed by atoms with Gasteiger partial charge in [0.05, 0.1) is 30.7 Å². The van der Waals surface area contributed by atoms with Crippen LogP contribution in [0.3, 0.4) is 0 Å². The van der Waals surface area contributed by atoms with Crippen molar-refractivity contribution in [3.05, 3.63) is 87.4 Å². The number of likely N-dealkylation sites (N-methyl/N-ethyl adjacent to an activating group) is 1. The van der Waals surface area contributed by atoms with Crippen molar-refractivity contribution in [1.82, 2.24) is 4.90 Å². The fourth-order valence-corrected chi connectivity index (χ4v) is 5.95. The molecule has 1 fully saturated rings. The van der Waals surface area contributed by atoms with E-state index in [0.29, 0.717) is 22.5 Å². The zero-order valence-corrected chi connectivity index (χ0v) is 25.5. The summed E-state index contributed by atoms with van der Waals surface area (Å²) in [5.41, 5.74) is 4.32. The first-order valence-corrected chi connectivity index (χ1v) is 14.8. The van der Waals surface area contributed by atoms with Gasteiger partial charge >= 0.3 is 0 Å². The van der Waals surface area contributed by atoms with Gasteiger partial charge in [-0.15, -0.1) is 0 Å². The lowest BCUT2D eigenvalue weighted by Gasteiger charge is -2.35. The van der Waals surface area contributed by atoms with Gasteiger partial charge in [0.1, 0.15) is 17.2 Å². The Bertz CT molecular complexity index is 1250. The predicted octanol–water partition coefficient (Wildman–Crippen LogP) is 7.66. The minimum Gasteiger partial charge on any atom is -0.494 e. The highest BCUT2D eigenvalue weighted by Gasteiger charge is 2.26. The predicted molar refractivity (Wildman–Crippen MR) is 165 cm³/mol. The van der Waals surface area contributed by atoms with Crippen molar-refractivity contribution in [3.8, 4) is 11.5 Å². The first-order valence-electron chi connectivity index (χ1n) is 14.1. The molecule has 0 N–H and O–H groups in total. The molecule has 1 saturated heterocycles. The fraction of sp³-hybridized carbons (Fsp3) is 0.424. The molecule has 1 heterocycles. The average Bonchev–Trinajstić information content (AvgIpc) is 2.97. The molecule has 3 aromatic carbocycles. The Kier molecular flexibility index (Phi) is 10.6. The van der Waals surface area contributed by atoms with E-state index in [4.69, 9.17) is 32.7 Å². The smallest absolute Gasteiger partial charge is 0.226 e. The number of rotatable bonds is 11. The molecular formula is C33H40Cl2N2O3. The Hall–Kier alpha value is -2.89. The van der Waals surface area contributed by atoms with E-state index in [-0.39, 0.29) is 18.2 Å². The molecule has 1 unspecified atom stereocenters. The number of amides is 1. The van der Waals surface area contributed by atoms with E-state index >= 15 is 0 Å². The van der Waals surface area contributed by atoms with Crippen LogP contribution < -0.4 is 14.4 Å². The molecule has 0 radical (unpaired) electrons. The van der Waals surface area contributed by atoms with Crippen LogP contribution in [0.5, 0.6) is 11.5 Å². The largest absolute Gasteiger partial charge is 0.494 e. The van der Waals surface area contributed by atoms with E-state index in [1.807, 2.05) is 37.4 Å². The van der Waals surface area contributed by atoms with Crippen LogP contribution in [-0.4, -0.2) is 51.7 Å². The molecule has 7 heteroatoms. The molecule has 1 aliphatic rings. The van der Waals surface area contributed by atoms with Crippen molar-refractivity contribution >= 4 is 34.8 Å². The Labute approximate surface area is 249 Å². The summed E-state index contributed by atoms with van der Waals surface area (Å²) in [5, 5.41) is 1.07. The number of carbonyl (C=O) groups is 1. The summed E-state index contributed by atoms with van der Waals surface area (Å²) in [6.07, 6.45) is 4.49. The van der Waals surface area contributed by atoms with Gasteiger partial charge in [-0.25, -0.2) is 0 Å². The molecule has 1 aliphatic heterocycles. The van der Waals surface area contributed by atoms with E-state index in [0.717, 1.165) is 67.1 Å². The summed E-state index contributed by atoms with van der Waals surface area (Å²) in [7, 11) is 5.22. The summed E-state index contributed by atoms with van der Waals surface area (Å²) in [6.45, 7) is 4.60. The van der Waals surface area contributed by atoms with Crippen LogP contribution >= 0.6 is 23.2 Å². The van der Waals surface area contributed by atoms with Crippen LogP contribution in [0.1, 0.15) is 48.8 Å². The van der Waals surface area contributed by atoms with E-state index in [9.17, 15) is 4.79 Å². The lowest BCUT2D eigenvalue weighted by atomic mass is 9.90. The third-order valence-corrected chi connectivity index (χ3v) is 8.76. The van der Waals surface area contributed by atoms with Crippen molar-refractivity contribution in [3.63, 3.8) is 0 Å². The minimum absolute atomic E-state index is 0.0390. The quantitative estimate of drug-likeness (QED) is 0.232. The van der Waals surface area contributed by atoms with Crippen LogP contribution in [-0.2, 0) is 17.6 Å². The van der Waals surface area contributed by atoms with Crippen molar-refractivity contribution in [2.24, 2.45) is 5.92 Å². The standard InChI is InChI=1S/C33H40Cl2N2O3/c1-5-26(27-11-12-28(34)29(35)21-27)22-36(2)32(38)20-25-18-30(39-3)33(31(19-25)40-4)37-15-13-24(14-16-37)17-23-9-7-6-8-10-23/h6-12,18-19,21,24,26H,5,13-17,20,22H2,1-4H3. The van der Waals surface area contributed by atoms with Gasteiger partial charge in [-0.2, -0.15) is 0 Å². The molecule has 3 aromatic rings. The first-order chi connectivity index (χ1) is 19.3. The van der Waals surface area contributed by atoms with E-state index in [1.165, 1.54) is 5.56 Å². The van der Waals surface area contributed by atoms with Gasteiger partial charge in [-0.05, 0) is 72.6 Å². The van der Waals surface area contributed by atoms with Gasteiger partial charge in [0.15, 0.2) is 0 Å². The van der Waals surface area contributed by atoms with Gasteiger partial charge < -0.3 is 19.3 Å². The summed E-state index contributed by atoms with van der Waals surface area (Å²) in [6, 6.07) is 20.4. The highest BCUT2D eigenvalue weighted by atomic mass is 35.5. The van der Waals surface area contributed by atoms with Gasteiger partial charge in [-0.3, -0.25) is 4.79 Å². The number of methoxy groups -OCH3 is 2. The van der Waals surface area contributed by atoms with Crippen molar-refractivity contribution in [2.75, 3.05) is 45.8 Å². The maximum atomic E-state index is 13.3. The van der Waals surface area contributed by atoms with E-state index < -0.39 is 0 Å². The van der Waals surface area contributed by atoms with Crippen molar-refractivity contribution in [1.29, 1.82) is 0 Å². The number of carbonyl (C=O) groups excluding carboxylic acids is 1. The zero-order valence-electron chi connectivity index (χ0n) is 24.0. The molecule has 1 atom stereocenters. The van der Waals surface area contributed by atoms with Crippen LogP contribution in [0.2, 0.25) is 10.0 Å². The van der Waals surface area contributed by atoms with Gasteiger partial charge in [0.2, 0.25) is 5.91 Å². The number of benzene rings is 3. The second kappa shape index (κ2) is 14.1. The van der Waals surface area contributed by atoms with Crippen molar-refractivity contribution in [2.45, 2.75) is 44.9 Å². The fourth-order valence-electron chi connectivity index (χ4n) is 5.65. The zero-order chi connectivity index (χ0) is 28.6.